The molecule has 0 aromatic carbocycles. The monoisotopic (exact) mass is 2150 g/mol. The van der Waals surface area contributed by atoms with Crippen molar-refractivity contribution in [1.82, 2.24) is 91.4 Å². The second-order valence-corrected chi connectivity index (χ2v) is 58.0. The van der Waals surface area contributed by atoms with Gasteiger partial charge >= 0.3 is 18.1 Å². The largest absolute Gasteiger partial charge is 0.347 e. The number of hydrogen-bond donors (Lipinski definition) is 12. The number of hydrogen-bond acceptors (Lipinski definition) is 21. The van der Waals surface area contributed by atoms with E-state index in [0.29, 0.717) is 142 Å². The van der Waals surface area contributed by atoms with Gasteiger partial charge in [-0.25, -0.2) is 52.6 Å². The molecule has 10 aliphatic carbocycles. The molecule has 0 bridgehead atoms. The predicted molar refractivity (Wildman–Crippen MR) is 561 cm³/mol. The van der Waals surface area contributed by atoms with E-state index in [0.717, 1.165) is 141 Å². The Balaban J connectivity index is 0.000000176. The molecule has 16 atom stereocenters. The number of carbonyl (C=O) groups is 15. The van der Waals surface area contributed by atoms with Gasteiger partial charge in [0.15, 0.2) is 0 Å². The maximum atomic E-state index is 14.5. The molecule has 0 spiro atoms. The topological polar surface area (TPSA) is 522 Å². The van der Waals surface area contributed by atoms with E-state index < -0.39 is 211 Å². The molecule has 12 N–H and O–H groups in total. The molecule has 16 aliphatic rings. The summed E-state index contributed by atoms with van der Waals surface area (Å²) in [4.78, 5) is 209. The van der Waals surface area contributed by atoms with Crippen molar-refractivity contribution in [1.29, 1.82) is 0 Å². The Kier molecular flexibility index (Phi) is 35.4. The van der Waals surface area contributed by atoms with E-state index >= 15 is 0 Å². The Morgan fingerprint density at radius 2 is 0.658 bits per heavy atom. The molecule has 0 aromatic heterocycles. The summed E-state index contributed by atoms with van der Waals surface area (Å²) in [6, 6.07) is -10.4. The van der Waals surface area contributed by atoms with Crippen LogP contribution in [0.2, 0.25) is 0 Å². The van der Waals surface area contributed by atoms with E-state index in [-0.39, 0.29) is 81.4 Å². The quantitative estimate of drug-likeness (QED) is 0.0262. The third kappa shape index (κ3) is 26.8. The van der Waals surface area contributed by atoms with Crippen LogP contribution >= 0.6 is 0 Å². The van der Waals surface area contributed by atoms with Gasteiger partial charge in [0.05, 0.1) is 51.5 Å². The predicted octanol–water partition coefficient (Wildman–Crippen LogP) is 7.72. The molecule has 6 saturated heterocycles. The summed E-state index contributed by atoms with van der Waals surface area (Å²) in [7, 11) is -10.8. The zero-order valence-electron chi connectivity index (χ0n) is 91.8. The number of carbonyl (C=O) groups excluding carboxylic acids is 15. The van der Waals surface area contributed by atoms with Gasteiger partial charge < -0.3 is 78.5 Å². The van der Waals surface area contributed by atoms with Crippen molar-refractivity contribution in [3.05, 3.63) is 0 Å². The van der Waals surface area contributed by atoms with Crippen LogP contribution in [0.1, 0.15) is 343 Å². The second kappa shape index (κ2) is 45.3. The van der Waals surface area contributed by atoms with Gasteiger partial charge in [-0.3, -0.25) is 57.5 Å². The van der Waals surface area contributed by atoms with Gasteiger partial charge in [-0.05, 0) is 209 Å². The fraction of sp³-hybridized carbons (Fsp3) is 0.860. The molecular weight excluding hydrogens is 1970 g/mol. The van der Waals surface area contributed by atoms with Crippen LogP contribution in [-0.2, 0) is 87.6 Å². The fourth-order valence-corrected chi connectivity index (χ4v) is 32.7. The number of rotatable bonds is 39. The maximum Gasteiger partial charge on any atom is 0.315 e. The maximum absolute atomic E-state index is 14.5. The summed E-state index contributed by atoms with van der Waals surface area (Å²) in [5.74, 6) is -6.69. The van der Waals surface area contributed by atoms with Crippen molar-refractivity contribution in [3.8, 4) is 0 Å². The van der Waals surface area contributed by atoms with E-state index in [2.05, 4.69) is 105 Å². The number of ketones is 3. The molecule has 16 rings (SSSR count). The van der Waals surface area contributed by atoms with Crippen molar-refractivity contribution in [2.24, 2.45) is 73.9 Å². The number of piperidine rings is 3. The smallest absolute Gasteiger partial charge is 0.315 e. The van der Waals surface area contributed by atoms with Crippen LogP contribution in [0.5, 0.6) is 0 Å². The zero-order valence-corrected chi connectivity index (χ0v) is 94.3. The number of sulfonamides is 3. The average Bonchev–Trinajstić information content (AvgIpc) is 1.53. The lowest BCUT2D eigenvalue weighted by Gasteiger charge is -2.43. The number of Topliss-reactive ketones (excluding diaryl/α,β-unsaturated/α-hetero) is 3. The van der Waals surface area contributed by atoms with E-state index in [4.69, 9.17) is 0 Å². The van der Waals surface area contributed by atoms with Crippen LogP contribution in [0, 0.1) is 73.9 Å². The number of nitrogens with one attached hydrogen (secondary N) is 12. The zero-order chi connectivity index (χ0) is 109. The number of amides is 15. The highest BCUT2D eigenvalue weighted by Crippen LogP contribution is 2.67. The molecule has 10 saturated carbocycles. The van der Waals surface area contributed by atoms with Gasteiger partial charge in [0.2, 0.25) is 82.9 Å². The Labute approximate surface area is 883 Å². The van der Waals surface area contributed by atoms with E-state index in [9.17, 15) is 97.2 Å². The van der Waals surface area contributed by atoms with Gasteiger partial charge in [-0.15, -0.1) is 0 Å². The number of nitrogens with zero attached hydrogens (tertiary/aromatic N) is 6. The lowest BCUT2D eigenvalue weighted by molar-refractivity contribution is -0.145. The number of fused-ring (bicyclic) bond motifs is 3. The molecule has 0 radical (unpaired) electrons. The Bertz CT molecular complexity index is 5360. The summed E-state index contributed by atoms with van der Waals surface area (Å²) >= 11 is 0. The fourth-order valence-electron chi connectivity index (χ4n) is 26.2. The normalized spacial score (nSPS) is 28.4. The highest BCUT2D eigenvalue weighted by molar-refractivity contribution is 7.90. The number of urea groups is 3. The SMILES string of the molecule is CC(C)(C)[C@H](NC(=O)NC1(CS(=O)(=O)N2CCCC2)CCCCC1)C(=O)N1C[C@H]2[C@@H]([C@H]1C(=O)N[C@@H](CCC1CC1)C(=O)C(=O)NC1CC1)C2(C)C.CCC[C@H](NC(=O)[C@@H]1[C@@H]2[C@H](CN1C(=O)[C@@H](NC(=O)NC1(CS(=O)(=O)N3CCCC3)CCCCC1)C(C)(C)C)C2(C)C)C(=O)C(=O)NC1CC1.CCC[C@H](NC(=O)[C@@H]1[C@@H]2[C@H](CN1C(=O)[C@@H](NC(=O)NC1([C@@H]3CCN(CC)S3(=O)=O)CCCCC1)C(C)(C)C)C2(C)C)C(=O)C(=O)NC1CC1. The van der Waals surface area contributed by atoms with Crippen molar-refractivity contribution < 1.29 is 97.2 Å². The van der Waals surface area contributed by atoms with E-state index in [1.54, 1.807) is 9.80 Å². The first-order chi connectivity index (χ1) is 69.7. The van der Waals surface area contributed by atoms with Gasteiger partial charge in [-0.2, -0.15) is 0 Å². The van der Waals surface area contributed by atoms with Gasteiger partial charge in [0.1, 0.15) is 36.3 Å². The second-order valence-electron chi connectivity index (χ2n) is 51.9. The van der Waals surface area contributed by atoms with Crippen LogP contribution in [0.4, 0.5) is 14.4 Å². The molecule has 838 valence electrons. The lowest BCUT2D eigenvalue weighted by Crippen LogP contribution is -2.65. The molecule has 6 aliphatic heterocycles. The Morgan fingerprint density at radius 1 is 0.362 bits per heavy atom. The van der Waals surface area contributed by atoms with E-state index in [1.165, 1.54) is 17.8 Å². The molecule has 39 nitrogen and oxygen atoms in total. The standard InChI is InChI=1S/C37H60N6O7S.2C35H58N6O7S/c1-35(2,3)30(40-34(48)41-37(17-7-6-8-18-37)22-51(49,50)42-19-9-10-20-42)33(47)43-21-25-27(36(25,4)5)28(43)31(45)39-26(16-13-23-11-12-23)29(44)32(46)38-24-14-15-24;1-8-13-23(27(42)30(44)36-21-14-15-21)37-29(43)26-25-22(34(25,6)7)20-41(26)31(45)28(33(3,4)5)38-32(46)39-35(17-11-10-12-18-35)24-16-19-40(9-2)49(24,47)48;1-7-13-24(27(42)30(44)36-22-14-15-22)37-29(43)26-25-23(34(25,5)6)20-41(26)31(45)28(33(2,3)4)38-32(46)39-35(16-9-8-10-17-35)21-49(47,48)40-18-11-12-19-40/h23-28,30H,6-22H2,1-5H3,(H,38,46)(H,39,45)(H2,40,41,48);21-26,28H,8-20H2,1-7H3,(H,36,44)(H,37,43)(H2,38,39,46);22-26,28H,7-21H2,1-6H3,(H,36,44)(H,37,43)(H2,38,39,46)/t25-,26-,27-,28-,30+;22-,23-,24-,25-,26-,28+;23-,24-,25-,26-,28+/m000/s1. The third-order valence-corrected chi connectivity index (χ3v) is 42.8. The highest BCUT2D eigenvalue weighted by atomic mass is 32.2. The minimum atomic E-state index is -3.60. The summed E-state index contributed by atoms with van der Waals surface area (Å²) in [5.41, 5.74) is -5.64. The Morgan fingerprint density at radius 3 is 0.933 bits per heavy atom. The third-order valence-electron chi connectivity index (χ3n) is 36.1. The lowest BCUT2D eigenvalue weighted by atomic mass is 9.78. The van der Waals surface area contributed by atoms with Crippen molar-refractivity contribution >= 4 is 119 Å². The van der Waals surface area contributed by atoms with Crippen molar-refractivity contribution in [2.45, 2.75) is 437 Å². The van der Waals surface area contributed by atoms with Crippen LogP contribution in [0.15, 0.2) is 0 Å². The first kappa shape index (κ1) is 116. The van der Waals surface area contributed by atoms with Crippen molar-refractivity contribution in [2.75, 3.05) is 70.4 Å². The van der Waals surface area contributed by atoms with E-state index in [1.807, 2.05) is 83.1 Å². The molecule has 42 heteroatoms. The molecular formula is C107H176N18O21S3. The minimum absolute atomic E-state index is 0.00557. The molecule has 0 aromatic rings. The first-order valence-corrected chi connectivity index (χ1v) is 61.0. The van der Waals surface area contributed by atoms with Crippen LogP contribution in [0.3, 0.4) is 0 Å². The van der Waals surface area contributed by atoms with Gasteiger partial charge in [0, 0.05) is 77.0 Å². The molecule has 15 amide bonds. The minimum Gasteiger partial charge on any atom is -0.347 e. The summed E-state index contributed by atoms with van der Waals surface area (Å²) in [6.45, 7) is 38.4. The Hall–Kier alpha value is -8.22. The summed E-state index contributed by atoms with van der Waals surface area (Å²) in [6.07, 6.45) is 24.7. The summed E-state index contributed by atoms with van der Waals surface area (Å²) < 4.78 is 85.2. The molecule has 6 heterocycles. The molecule has 149 heavy (non-hydrogen) atoms. The van der Waals surface area contributed by atoms with Gasteiger partial charge in [0.25, 0.3) is 17.7 Å². The van der Waals surface area contributed by atoms with Crippen LogP contribution in [0.25, 0.3) is 0 Å². The molecule has 0 unspecified atom stereocenters. The van der Waals surface area contributed by atoms with Crippen LogP contribution in [-0.4, -0.2) is 306 Å². The summed E-state index contributed by atoms with van der Waals surface area (Å²) in [5, 5.41) is 33.9. The average molecular weight is 2150 g/mol. The first-order valence-electron chi connectivity index (χ1n) is 56.3. The molecule has 16 fully saturated rings. The number of likely N-dealkylation sites (tertiary alicyclic amines) is 3. The van der Waals surface area contributed by atoms with Gasteiger partial charge in [-0.1, -0.05) is 208 Å². The highest BCUT2D eigenvalue weighted by Gasteiger charge is 2.73. The van der Waals surface area contributed by atoms with Crippen molar-refractivity contribution in [3.63, 3.8) is 0 Å². The van der Waals surface area contributed by atoms with Crippen LogP contribution < -0.4 is 63.8 Å².